The van der Waals surface area contributed by atoms with Gasteiger partial charge in [0.1, 0.15) is 11.9 Å². The molecule has 3 heterocycles. The molecular weight excluding hydrogens is 627 g/mol. The first-order chi connectivity index (χ1) is 23.6. The number of nitrogens with two attached hydrogens (primary N) is 2. The van der Waals surface area contributed by atoms with Gasteiger partial charge < -0.3 is 31.9 Å². The fraction of sp³-hybridized carbons (Fsp3) is 0.556. The zero-order valence-corrected chi connectivity index (χ0v) is 28.6. The number of nitrogens with one attached hydrogen (secondary N) is 2. The average molecular weight is 679 g/mol. The lowest BCUT2D eigenvalue weighted by atomic mass is 9.95. The van der Waals surface area contributed by atoms with Crippen molar-refractivity contribution in [1.82, 2.24) is 25.3 Å². The van der Waals surface area contributed by atoms with E-state index in [2.05, 4.69) is 27.0 Å². The molecule has 6 N–H and O–H groups in total. The van der Waals surface area contributed by atoms with Crippen LogP contribution in [0.5, 0.6) is 0 Å². The molecule has 1 saturated carbocycles. The molecule has 0 aromatic heterocycles. The predicted molar refractivity (Wildman–Crippen MR) is 187 cm³/mol. The molecule has 266 valence electrons. The number of likely N-dealkylation sites (tertiary alicyclic amines) is 1. The Bertz CT molecular complexity index is 1470. The summed E-state index contributed by atoms with van der Waals surface area (Å²) >= 11 is 0. The standard InChI is InChI=1S/C36H51FN8O4/c1-3-4-10-30(34(47)40-2)45-35(48)26-21-28(37)31(22-27(26)36(45)49)43-19-17-42(18-20-43)23-24-13-15-44(16-14-24)32(39)12-11-29(38)33(46)41-25-8-6-5-7-9-25/h3,11-12,21-22,24-25,30H,1,4-10,13-20,23,38-39H2,2H3,(H,40,47)(H,41,46)/b29-11-,32-12+. The van der Waals surface area contributed by atoms with Crippen molar-refractivity contribution < 1.29 is 23.6 Å². The SMILES string of the molecule is C=CCCC(C(=O)NC)N1C(=O)c2cc(F)c(N3CCN(CC4CCN(/C(N)=C/C=C(\N)C(=O)NC5CCCCC5)CC4)CC3)cc2C1=O. The molecule has 1 aromatic carbocycles. The lowest BCUT2D eigenvalue weighted by Gasteiger charge is -2.40. The van der Waals surface area contributed by atoms with Crippen molar-refractivity contribution >= 4 is 29.3 Å². The van der Waals surface area contributed by atoms with Crippen molar-refractivity contribution in [2.75, 3.05) is 57.8 Å². The fourth-order valence-corrected chi connectivity index (χ4v) is 7.39. The largest absolute Gasteiger partial charge is 0.394 e. The second-order valence-corrected chi connectivity index (χ2v) is 13.6. The van der Waals surface area contributed by atoms with Gasteiger partial charge in [0.2, 0.25) is 5.91 Å². The third kappa shape index (κ3) is 8.44. The van der Waals surface area contributed by atoms with E-state index in [1.807, 2.05) is 4.90 Å². The van der Waals surface area contributed by atoms with E-state index >= 15 is 4.39 Å². The maximum absolute atomic E-state index is 15.4. The van der Waals surface area contributed by atoms with Gasteiger partial charge in [-0.05, 0) is 68.7 Å². The van der Waals surface area contributed by atoms with Crippen LogP contribution >= 0.6 is 0 Å². The lowest BCUT2D eigenvalue weighted by Crippen LogP contribution is -2.49. The van der Waals surface area contributed by atoms with Crippen LogP contribution in [-0.2, 0) is 9.59 Å². The maximum atomic E-state index is 15.4. The summed E-state index contributed by atoms with van der Waals surface area (Å²) in [4.78, 5) is 59.0. The summed E-state index contributed by atoms with van der Waals surface area (Å²) < 4.78 is 15.4. The summed E-state index contributed by atoms with van der Waals surface area (Å²) in [6, 6.07) is 1.80. The highest BCUT2D eigenvalue weighted by atomic mass is 19.1. The van der Waals surface area contributed by atoms with Gasteiger partial charge in [-0.25, -0.2) is 4.39 Å². The highest BCUT2D eigenvalue weighted by molar-refractivity contribution is 6.23. The molecule has 3 fully saturated rings. The van der Waals surface area contributed by atoms with E-state index in [1.54, 1.807) is 18.2 Å². The number of allylic oxidation sites excluding steroid dienone is 3. The molecule has 1 aromatic rings. The Morgan fingerprint density at radius 3 is 2.24 bits per heavy atom. The molecule has 12 nitrogen and oxygen atoms in total. The molecule has 2 saturated heterocycles. The minimum atomic E-state index is -0.996. The van der Waals surface area contributed by atoms with Crippen LogP contribution in [0.3, 0.4) is 0 Å². The number of likely N-dealkylation sites (N-methyl/N-ethyl adjacent to an activating group) is 1. The Morgan fingerprint density at radius 1 is 0.959 bits per heavy atom. The zero-order chi connectivity index (χ0) is 35.1. The first-order valence-corrected chi connectivity index (χ1v) is 17.6. The number of amides is 4. The van der Waals surface area contributed by atoms with E-state index < -0.39 is 29.6 Å². The van der Waals surface area contributed by atoms with E-state index in [1.165, 1.54) is 19.5 Å². The van der Waals surface area contributed by atoms with Crippen molar-refractivity contribution in [1.29, 1.82) is 0 Å². The first kappa shape index (κ1) is 35.9. The zero-order valence-electron chi connectivity index (χ0n) is 28.6. The van der Waals surface area contributed by atoms with Crippen molar-refractivity contribution in [2.24, 2.45) is 17.4 Å². The van der Waals surface area contributed by atoms with Crippen molar-refractivity contribution in [3.05, 3.63) is 65.4 Å². The van der Waals surface area contributed by atoms with E-state index in [0.29, 0.717) is 36.9 Å². The molecule has 4 amide bonds. The van der Waals surface area contributed by atoms with Gasteiger partial charge in [-0.15, -0.1) is 6.58 Å². The van der Waals surface area contributed by atoms with Crippen LogP contribution in [0.1, 0.15) is 78.5 Å². The van der Waals surface area contributed by atoms with E-state index in [0.717, 1.165) is 82.2 Å². The van der Waals surface area contributed by atoms with Crippen LogP contribution < -0.4 is 27.0 Å². The molecule has 3 aliphatic heterocycles. The third-order valence-electron chi connectivity index (χ3n) is 10.3. The second-order valence-electron chi connectivity index (χ2n) is 13.6. The highest BCUT2D eigenvalue weighted by Crippen LogP contribution is 2.33. The fourth-order valence-electron chi connectivity index (χ4n) is 7.39. The number of fused-ring (bicyclic) bond motifs is 1. The Hall–Kier alpha value is -4.39. The summed E-state index contributed by atoms with van der Waals surface area (Å²) in [6.07, 6.45) is 13.1. The molecule has 0 bridgehead atoms. The van der Waals surface area contributed by atoms with Gasteiger partial charge in [0.25, 0.3) is 17.7 Å². The minimum Gasteiger partial charge on any atom is -0.394 e. The molecule has 1 aliphatic carbocycles. The number of imide groups is 1. The Balaban J connectivity index is 1.10. The van der Waals surface area contributed by atoms with Crippen molar-refractivity contribution in [2.45, 2.75) is 69.9 Å². The van der Waals surface area contributed by atoms with Crippen LogP contribution in [0.15, 0.2) is 48.5 Å². The predicted octanol–water partition coefficient (Wildman–Crippen LogP) is 2.43. The summed E-state index contributed by atoms with van der Waals surface area (Å²) in [6.45, 7) is 8.87. The van der Waals surface area contributed by atoms with Crippen molar-refractivity contribution in [3.63, 3.8) is 0 Å². The monoisotopic (exact) mass is 678 g/mol. The number of rotatable bonds is 12. The van der Waals surface area contributed by atoms with Gasteiger partial charge in [0, 0.05) is 58.9 Å². The van der Waals surface area contributed by atoms with E-state index in [-0.39, 0.29) is 35.2 Å². The molecule has 1 atom stereocenters. The van der Waals surface area contributed by atoms with Gasteiger partial charge in [-0.3, -0.25) is 29.0 Å². The molecule has 0 spiro atoms. The number of nitrogens with zero attached hydrogens (tertiary/aromatic N) is 4. The number of anilines is 1. The molecular formula is C36H51FN8O4. The number of hydrogen-bond acceptors (Lipinski definition) is 9. The average Bonchev–Trinajstić information content (AvgIpc) is 3.35. The molecule has 0 radical (unpaired) electrons. The number of hydrogen-bond donors (Lipinski definition) is 4. The van der Waals surface area contributed by atoms with Gasteiger partial charge in [-0.1, -0.05) is 25.3 Å². The Morgan fingerprint density at radius 2 is 1.61 bits per heavy atom. The smallest absolute Gasteiger partial charge is 0.267 e. The van der Waals surface area contributed by atoms with Crippen LogP contribution in [0, 0.1) is 11.7 Å². The summed E-state index contributed by atoms with van der Waals surface area (Å²) in [7, 11) is 1.45. The molecule has 49 heavy (non-hydrogen) atoms. The normalized spacial score (nSPS) is 20.7. The quantitative estimate of drug-likeness (QED) is 0.113. The first-order valence-electron chi connectivity index (χ1n) is 17.6. The molecule has 1 unspecified atom stereocenters. The number of benzene rings is 1. The van der Waals surface area contributed by atoms with Gasteiger partial charge in [-0.2, -0.15) is 0 Å². The topological polar surface area (TPSA) is 157 Å². The van der Waals surface area contributed by atoms with Gasteiger partial charge in [0.15, 0.2) is 0 Å². The Kier molecular flexibility index (Phi) is 12.0. The van der Waals surface area contributed by atoms with E-state index in [9.17, 15) is 19.2 Å². The Labute approximate surface area is 288 Å². The lowest BCUT2D eigenvalue weighted by molar-refractivity contribution is -0.124. The highest BCUT2D eigenvalue weighted by Gasteiger charge is 2.43. The number of piperidine rings is 1. The number of piperazine rings is 1. The van der Waals surface area contributed by atoms with E-state index in [4.69, 9.17) is 11.5 Å². The number of carbonyl (C=O) groups excluding carboxylic acids is 4. The number of carbonyl (C=O) groups is 4. The number of halogens is 1. The molecule has 13 heteroatoms. The summed E-state index contributed by atoms with van der Waals surface area (Å²) in [5.74, 6) is -1.40. The third-order valence-corrected chi connectivity index (χ3v) is 10.3. The van der Waals surface area contributed by atoms with Crippen LogP contribution in [0.4, 0.5) is 10.1 Å². The van der Waals surface area contributed by atoms with Crippen LogP contribution in [-0.4, -0.2) is 103 Å². The molecule has 5 rings (SSSR count). The summed E-state index contributed by atoms with van der Waals surface area (Å²) in [5.41, 5.74) is 12.9. The van der Waals surface area contributed by atoms with Crippen LogP contribution in [0.25, 0.3) is 0 Å². The summed E-state index contributed by atoms with van der Waals surface area (Å²) in [5, 5.41) is 5.55. The second kappa shape index (κ2) is 16.3. The maximum Gasteiger partial charge on any atom is 0.267 e. The minimum absolute atomic E-state index is 0.0149. The molecule has 4 aliphatic rings. The van der Waals surface area contributed by atoms with Gasteiger partial charge in [0.05, 0.1) is 28.3 Å². The van der Waals surface area contributed by atoms with Crippen LogP contribution in [0.2, 0.25) is 0 Å². The van der Waals surface area contributed by atoms with Crippen molar-refractivity contribution in [3.8, 4) is 0 Å². The van der Waals surface area contributed by atoms with Gasteiger partial charge >= 0.3 is 0 Å².